The Labute approximate surface area is 165 Å². The van der Waals surface area contributed by atoms with Crippen LogP contribution in [0, 0.1) is 0 Å². The van der Waals surface area contributed by atoms with Gasteiger partial charge in [0.1, 0.15) is 11.5 Å². The average molecular weight is 383 g/mol. The van der Waals surface area contributed by atoms with Crippen molar-refractivity contribution in [2.24, 2.45) is 0 Å². The highest BCUT2D eigenvalue weighted by Crippen LogP contribution is 2.30. The van der Waals surface area contributed by atoms with Crippen molar-refractivity contribution < 1.29 is 24.1 Å². The minimum atomic E-state index is -0.266. The van der Waals surface area contributed by atoms with E-state index < -0.39 is 0 Å². The lowest BCUT2D eigenvalue weighted by Gasteiger charge is -2.18. The van der Waals surface area contributed by atoms with Gasteiger partial charge in [-0.1, -0.05) is 27.7 Å². The Morgan fingerprint density at radius 2 is 1.37 bits per heavy atom. The number of unbranched alkanes of at least 4 members (excludes halogenated alkanes) is 1. The Balaban J connectivity index is 2.28. The monoisotopic (exact) mass is 382 g/mol. The number of phenols is 1. The summed E-state index contributed by atoms with van der Waals surface area (Å²) < 4.78 is 23.0. The fraction of sp³-hybridized carbons (Fsp3) is 0.727. The third-order valence-corrected chi connectivity index (χ3v) is 4.19. The number of benzene rings is 1. The molecule has 0 saturated heterocycles. The van der Waals surface area contributed by atoms with Crippen molar-refractivity contribution in [3.63, 3.8) is 0 Å². The van der Waals surface area contributed by atoms with Crippen molar-refractivity contribution in [2.45, 2.75) is 72.5 Å². The quantitative estimate of drug-likeness (QED) is 0.326. The number of aryl methyl sites for hydroxylation is 2. The third-order valence-electron chi connectivity index (χ3n) is 4.19. The molecule has 156 valence electrons. The average Bonchev–Trinajstić information content (AvgIpc) is 2.68. The van der Waals surface area contributed by atoms with Gasteiger partial charge >= 0.3 is 0 Å². The fourth-order valence-electron chi connectivity index (χ4n) is 2.75. The maximum atomic E-state index is 9.81. The van der Waals surface area contributed by atoms with Gasteiger partial charge in [0, 0.05) is 19.8 Å². The van der Waals surface area contributed by atoms with Gasteiger partial charge in [0.05, 0.1) is 13.2 Å². The van der Waals surface area contributed by atoms with E-state index in [2.05, 4.69) is 27.7 Å². The first-order valence-corrected chi connectivity index (χ1v) is 10.4. The lowest BCUT2D eigenvalue weighted by atomic mass is 10.0. The number of phenolic OH excluding ortho intramolecular Hbond substituents is 1. The topological polar surface area (TPSA) is 57.2 Å². The third kappa shape index (κ3) is 9.45. The highest BCUT2D eigenvalue weighted by atomic mass is 16.7. The number of aromatic hydroxyl groups is 1. The van der Waals surface area contributed by atoms with Crippen molar-refractivity contribution in [3.05, 3.63) is 23.3 Å². The van der Waals surface area contributed by atoms with Crippen molar-refractivity contribution >= 4 is 0 Å². The Hall–Kier alpha value is -1.30. The minimum absolute atomic E-state index is 0.266. The first-order chi connectivity index (χ1) is 13.2. The summed E-state index contributed by atoms with van der Waals surface area (Å²) in [5.74, 6) is 1.24. The molecular weight excluding hydrogens is 344 g/mol. The molecule has 0 saturated carbocycles. The van der Waals surface area contributed by atoms with Crippen LogP contribution in [-0.4, -0.2) is 44.4 Å². The maximum absolute atomic E-state index is 9.81. The molecule has 5 nitrogen and oxygen atoms in total. The van der Waals surface area contributed by atoms with Gasteiger partial charge in [0.15, 0.2) is 6.29 Å². The second kappa shape index (κ2) is 14.7. The molecule has 0 aliphatic heterocycles. The van der Waals surface area contributed by atoms with E-state index in [-0.39, 0.29) is 6.29 Å². The van der Waals surface area contributed by atoms with Crippen LogP contribution in [0.2, 0.25) is 0 Å². The van der Waals surface area contributed by atoms with Crippen molar-refractivity contribution in [1.29, 1.82) is 0 Å². The summed E-state index contributed by atoms with van der Waals surface area (Å²) >= 11 is 0. The van der Waals surface area contributed by atoms with Crippen LogP contribution >= 0.6 is 0 Å². The van der Waals surface area contributed by atoms with Gasteiger partial charge in [-0.3, -0.25) is 0 Å². The molecule has 0 aromatic heterocycles. The molecule has 0 spiro atoms. The predicted octanol–water partition coefficient (Wildman–Crippen LogP) is 4.87. The van der Waals surface area contributed by atoms with Crippen LogP contribution in [0.25, 0.3) is 0 Å². The molecule has 1 N–H and O–H groups in total. The molecule has 1 aromatic rings. The van der Waals surface area contributed by atoms with E-state index in [0.717, 1.165) is 55.4 Å². The van der Waals surface area contributed by atoms with Gasteiger partial charge in [0.25, 0.3) is 0 Å². The molecule has 0 amide bonds. The highest BCUT2D eigenvalue weighted by Gasteiger charge is 2.11. The SMILES string of the molecule is CCCOC(COCCCCOc1c(CC)cc(O)cc1CC)OCCC. The Morgan fingerprint density at radius 1 is 0.815 bits per heavy atom. The summed E-state index contributed by atoms with van der Waals surface area (Å²) in [5, 5.41) is 9.81. The first kappa shape index (κ1) is 23.7. The molecule has 0 aliphatic carbocycles. The van der Waals surface area contributed by atoms with Crippen molar-refractivity contribution in [2.75, 3.05) is 33.0 Å². The molecule has 1 rings (SSSR count). The molecule has 0 radical (unpaired) electrons. The molecule has 0 aliphatic rings. The summed E-state index contributed by atoms with van der Waals surface area (Å²) in [6.45, 7) is 11.5. The normalized spacial score (nSPS) is 11.3. The summed E-state index contributed by atoms with van der Waals surface area (Å²) in [4.78, 5) is 0. The second-order valence-corrected chi connectivity index (χ2v) is 6.60. The molecule has 1 aromatic carbocycles. The number of rotatable bonds is 16. The predicted molar refractivity (Wildman–Crippen MR) is 109 cm³/mol. The molecule has 5 heteroatoms. The van der Waals surface area contributed by atoms with Gasteiger partial charge in [-0.2, -0.15) is 0 Å². The Kier molecular flexibility index (Phi) is 12.9. The molecule has 0 heterocycles. The van der Waals surface area contributed by atoms with Gasteiger partial charge in [0.2, 0.25) is 0 Å². The minimum Gasteiger partial charge on any atom is -0.508 e. The van der Waals surface area contributed by atoms with Crippen LogP contribution in [0.5, 0.6) is 11.5 Å². The smallest absolute Gasteiger partial charge is 0.180 e. The standard InChI is InChI=1S/C22H38O5/c1-5-11-25-21(26-12-6-2)17-24-13-9-10-14-27-22-18(7-3)15-20(23)16-19(22)8-4/h15-16,21,23H,5-14,17H2,1-4H3. The van der Waals surface area contributed by atoms with Gasteiger partial charge in [-0.15, -0.1) is 0 Å². The van der Waals surface area contributed by atoms with Crippen LogP contribution < -0.4 is 4.74 Å². The van der Waals surface area contributed by atoms with E-state index in [1.807, 2.05) is 0 Å². The first-order valence-electron chi connectivity index (χ1n) is 10.4. The van der Waals surface area contributed by atoms with Crippen LogP contribution in [0.15, 0.2) is 12.1 Å². The lowest BCUT2D eigenvalue weighted by molar-refractivity contribution is -0.172. The van der Waals surface area contributed by atoms with E-state index in [9.17, 15) is 5.11 Å². The maximum Gasteiger partial charge on any atom is 0.180 e. The summed E-state index contributed by atoms with van der Waals surface area (Å²) in [7, 11) is 0. The zero-order valence-corrected chi connectivity index (χ0v) is 17.6. The fourth-order valence-corrected chi connectivity index (χ4v) is 2.75. The zero-order chi connectivity index (χ0) is 19.9. The molecule has 27 heavy (non-hydrogen) atoms. The Bertz CT molecular complexity index is 470. The van der Waals surface area contributed by atoms with E-state index >= 15 is 0 Å². The van der Waals surface area contributed by atoms with Gasteiger partial charge in [-0.25, -0.2) is 0 Å². The second-order valence-electron chi connectivity index (χ2n) is 6.60. The van der Waals surface area contributed by atoms with Crippen LogP contribution in [-0.2, 0) is 27.1 Å². The van der Waals surface area contributed by atoms with Crippen molar-refractivity contribution in [3.8, 4) is 11.5 Å². The van der Waals surface area contributed by atoms with Gasteiger partial charge in [-0.05, 0) is 61.8 Å². The molecule has 0 fully saturated rings. The Morgan fingerprint density at radius 3 is 1.89 bits per heavy atom. The number of hydrogen-bond acceptors (Lipinski definition) is 5. The van der Waals surface area contributed by atoms with E-state index in [0.29, 0.717) is 38.8 Å². The lowest BCUT2D eigenvalue weighted by Crippen LogP contribution is -2.24. The number of ether oxygens (including phenoxy) is 4. The summed E-state index contributed by atoms with van der Waals surface area (Å²) in [5.41, 5.74) is 2.12. The molecular formula is C22H38O5. The zero-order valence-electron chi connectivity index (χ0n) is 17.6. The molecule has 0 unspecified atom stereocenters. The van der Waals surface area contributed by atoms with E-state index in [1.54, 1.807) is 12.1 Å². The van der Waals surface area contributed by atoms with E-state index in [4.69, 9.17) is 18.9 Å². The van der Waals surface area contributed by atoms with Crippen LogP contribution in [0.1, 0.15) is 64.5 Å². The van der Waals surface area contributed by atoms with Crippen molar-refractivity contribution in [1.82, 2.24) is 0 Å². The van der Waals surface area contributed by atoms with Gasteiger partial charge < -0.3 is 24.1 Å². The van der Waals surface area contributed by atoms with Crippen LogP contribution in [0.4, 0.5) is 0 Å². The molecule has 0 bridgehead atoms. The number of hydrogen-bond donors (Lipinski definition) is 1. The largest absolute Gasteiger partial charge is 0.508 e. The highest BCUT2D eigenvalue weighted by molar-refractivity contribution is 5.47. The summed E-state index contributed by atoms with van der Waals surface area (Å²) in [6, 6.07) is 3.59. The van der Waals surface area contributed by atoms with Crippen LogP contribution in [0.3, 0.4) is 0 Å². The van der Waals surface area contributed by atoms with E-state index in [1.165, 1.54) is 0 Å². The molecule has 0 atom stereocenters. The summed E-state index contributed by atoms with van der Waals surface area (Å²) in [6.07, 6.45) is 5.21.